The SMILES string of the molecule is Cc1ccc(CC(=O)OCc2ccc3ncccc3c2)cc1. The van der Waals surface area contributed by atoms with Crippen LogP contribution in [0.1, 0.15) is 16.7 Å². The first-order chi connectivity index (χ1) is 10.7. The van der Waals surface area contributed by atoms with Gasteiger partial charge in [0, 0.05) is 11.6 Å². The number of nitrogens with zero attached hydrogens (tertiary/aromatic N) is 1. The van der Waals surface area contributed by atoms with Crippen molar-refractivity contribution in [1.29, 1.82) is 0 Å². The molecule has 0 radical (unpaired) electrons. The van der Waals surface area contributed by atoms with Gasteiger partial charge >= 0.3 is 5.97 Å². The molecule has 0 N–H and O–H groups in total. The summed E-state index contributed by atoms with van der Waals surface area (Å²) in [6.45, 7) is 2.31. The number of pyridine rings is 1. The van der Waals surface area contributed by atoms with Crippen molar-refractivity contribution in [3.63, 3.8) is 0 Å². The lowest BCUT2D eigenvalue weighted by molar-refractivity contribution is -0.144. The van der Waals surface area contributed by atoms with E-state index in [-0.39, 0.29) is 12.6 Å². The zero-order chi connectivity index (χ0) is 15.4. The van der Waals surface area contributed by atoms with Crippen LogP contribution in [-0.2, 0) is 22.6 Å². The number of fused-ring (bicyclic) bond motifs is 1. The number of hydrogen-bond acceptors (Lipinski definition) is 3. The second-order valence-corrected chi connectivity index (χ2v) is 5.35. The molecule has 3 nitrogen and oxygen atoms in total. The van der Waals surface area contributed by atoms with Gasteiger partial charge in [-0.05, 0) is 36.2 Å². The van der Waals surface area contributed by atoms with E-state index in [0.717, 1.165) is 22.0 Å². The normalized spacial score (nSPS) is 10.6. The first-order valence-electron chi connectivity index (χ1n) is 7.25. The molecule has 0 saturated carbocycles. The van der Waals surface area contributed by atoms with E-state index in [1.807, 2.05) is 61.5 Å². The van der Waals surface area contributed by atoms with Crippen molar-refractivity contribution in [2.75, 3.05) is 0 Å². The Morgan fingerprint density at radius 3 is 2.64 bits per heavy atom. The van der Waals surface area contributed by atoms with Crippen LogP contribution in [0.5, 0.6) is 0 Å². The van der Waals surface area contributed by atoms with E-state index in [1.165, 1.54) is 5.56 Å². The van der Waals surface area contributed by atoms with E-state index in [9.17, 15) is 4.79 Å². The highest BCUT2D eigenvalue weighted by molar-refractivity contribution is 5.79. The van der Waals surface area contributed by atoms with Crippen LogP contribution in [0, 0.1) is 6.92 Å². The van der Waals surface area contributed by atoms with Crippen molar-refractivity contribution in [3.8, 4) is 0 Å². The third kappa shape index (κ3) is 3.50. The molecule has 0 aliphatic carbocycles. The topological polar surface area (TPSA) is 39.2 Å². The molecule has 3 rings (SSSR count). The molecular weight excluding hydrogens is 274 g/mol. The number of esters is 1. The van der Waals surface area contributed by atoms with Crippen LogP contribution in [0.2, 0.25) is 0 Å². The number of benzene rings is 2. The van der Waals surface area contributed by atoms with Gasteiger partial charge in [-0.2, -0.15) is 0 Å². The molecule has 0 fully saturated rings. The highest BCUT2D eigenvalue weighted by Crippen LogP contribution is 2.14. The van der Waals surface area contributed by atoms with Crippen molar-refractivity contribution in [1.82, 2.24) is 4.98 Å². The minimum atomic E-state index is -0.213. The summed E-state index contributed by atoms with van der Waals surface area (Å²) >= 11 is 0. The van der Waals surface area contributed by atoms with Gasteiger partial charge in [-0.15, -0.1) is 0 Å². The smallest absolute Gasteiger partial charge is 0.310 e. The third-order valence-corrected chi connectivity index (χ3v) is 3.54. The molecule has 3 heteroatoms. The standard InChI is InChI=1S/C19H17NO2/c1-14-4-6-15(7-5-14)12-19(21)22-13-16-8-9-18-17(11-16)3-2-10-20-18/h2-11H,12-13H2,1H3. The Morgan fingerprint density at radius 2 is 1.82 bits per heavy atom. The molecule has 1 aromatic heterocycles. The highest BCUT2D eigenvalue weighted by atomic mass is 16.5. The minimum absolute atomic E-state index is 0.213. The quantitative estimate of drug-likeness (QED) is 0.686. The maximum absolute atomic E-state index is 11.9. The highest BCUT2D eigenvalue weighted by Gasteiger charge is 2.06. The van der Waals surface area contributed by atoms with E-state index in [2.05, 4.69) is 4.98 Å². The van der Waals surface area contributed by atoms with Gasteiger partial charge in [-0.25, -0.2) is 0 Å². The van der Waals surface area contributed by atoms with Crippen molar-refractivity contribution in [2.24, 2.45) is 0 Å². The van der Waals surface area contributed by atoms with E-state index < -0.39 is 0 Å². The molecule has 0 unspecified atom stereocenters. The number of rotatable bonds is 4. The van der Waals surface area contributed by atoms with Gasteiger partial charge in [0.15, 0.2) is 0 Å². The predicted octanol–water partition coefficient (Wildman–Crippen LogP) is 3.83. The third-order valence-electron chi connectivity index (χ3n) is 3.54. The molecule has 2 aromatic carbocycles. The molecule has 110 valence electrons. The van der Waals surface area contributed by atoms with Crippen molar-refractivity contribution < 1.29 is 9.53 Å². The lowest BCUT2D eigenvalue weighted by Crippen LogP contribution is -2.08. The Kier molecular flexibility index (Phi) is 4.15. The summed E-state index contributed by atoms with van der Waals surface area (Å²) in [5, 5.41) is 1.05. The maximum atomic E-state index is 11.9. The average molecular weight is 291 g/mol. The van der Waals surface area contributed by atoms with Crippen LogP contribution < -0.4 is 0 Å². The van der Waals surface area contributed by atoms with Gasteiger partial charge in [0.2, 0.25) is 0 Å². The summed E-state index contributed by atoms with van der Waals surface area (Å²) in [4.78, 5) is 16.2. The largest absolute Gasteiger partial charge is 0.461 e. The first kappa shape index (κ1) is 14.3. The number of aromatic nitrogens is 1. The zero-order valence-electron chi connectivity index (χ0n) is 12.5. The first-order valence-corrected chi connectivity index (χ1v) is 7.25. The van der Waals surface area contributed by atoms with Crippen LogP contribution >= 0.6 is 0 Å². The van der Waals surface area contributed by atoms with E-state index in [0.29, 0.717) is 6.42 Å². The van der Waals surface area contributed by atoms with Crippen molar-refractivity contribution >= 4 is 16.9 Å². The van der Waals surface area contributed by atoms with Gasteiger partial charge in [-0.3, -0.25) is 9.78 Å². The number of carbonyl (C=O) groups is 1. The number of carbonyl (C=O) groups excluding carboxylic acids is 1. The summed E-state index contributed by atoms with van der Waals surface area (Å²) in [6.07, 6.45) is 2.07. The van der Waals surface area contributed by atoms with Gasteiger partial charge in [-0.1, -0.05) is 42.0 Å². The molecule has 3 aromatic rings. The maximum Gasteiger partial charge on any atom is 0.310 e. The summed E-state index contributed by atoms with van der Waals surface area (Å²) in [6, 6.07) is 17.7. The van der Waals surface area contributed by atoms with Crippen LogP contribution in [0.4, 0.5) is 0 Å². The predicted molar refractivity (Wildman–Crippen MR) is 86.4 cm³/mol. The Morgan fingerprint density at radius 1 is 1.05 bits per heavy atom. The molecule has 0 aliphatic heterocycles. The fourth-order valence-electron chi connectivity index (χ4n) is 2.30. The lowest BCUT2D eigenvalue weighted by Gasteiger charge is -2.06. The Labute approximate surface area is 129 Å². The summed E-state index contributed by atoms with van der Waals surface area (Å²) in [5.41, 5.74) is 4.06. The molecule has 0 aliphatic rings. The minimum Gasteiger partial charge on any atom is -0.461 e. The Hall–Kier alpha value is -2.68. The molecule has 0 spiro atoms. The molecular formula is C19H17NO2. The van der Waals surface area contributed by atoms with Crippen molar-refractivity contribution in [2.45, 2.75) is 20.0 Å². The number of ether oxygens (including phenoxy) is 1. The lowest BCUT2D eigenvalue weighted by atomic mass is 10.1. The number of aryl methyl sites for hydroxylation is 1. The summed E-state index contributed by atoms with van der Waals surface area (Å²) in [7, 11) is 0. The molecule has 0 atom stereocenters. The Balaban J connectivity index is 1.60. The van der Waals surface area contributed by atoms with Crippen LogP contribution in [0.15, 0.2) is 60.8 Å². The van der Waals surface area contributed by atoms with Gasteiger partial charge in [0.05, 0.1) is 11.9 Å². The average Bonchev–Trinajstić information content (AvgIpc) is 2.55. The second kappa shape index (κ2) is 6.39. The van der Waals surface area contributed by atoms with E-state index in [4.69, 9.17) is 4.74 Å². The molecule has 0 bridgehead atoms. The zero-order valence-corrected chi connectivity index (χ0v) is 12.5. The Bertz CT molecular complexity index is 794. The summed E-state index contributed by atoms with van der Waals surface area (Å²) in [5.74, 6) is -0.213. The summed E-state index contributed by atoms with van der Waals surface area (Å²) < 4.78 is 5.35. The van der Waals surface area contributed by atoms with Gasteiger partial charge in [0.25, 0.3) is 0 Å². The number of hydrogen-bond donors (Lipinski definition) is 0. The monoisotopic (exact) mass is 291 g/mol. The van der Waals surface area contributed by atoms with E-state index in [1.54, 1.807) is 6.20 Å². The molecule has 22 heavy (non-hydrogen) atoms. The molecule has 1 heterocycles. The van der Waals surface area contributed by atoms with E-state index >= 15 is 0 Å². The van der Waals surface area contributed by atoms with Crippen LogP contribution in [-0.4, -0.2) is 11.0 Å². The van der Waals surface area contributed by atoms with Crippen LogP contribution in [0.3, 0.4) is 0 Å². The fourth-order valence-corrected chi connectivity index (χ4v) is 2.30. The fraction of sp³-hybridized carbons (Fsp3) is 0.158. The van der Waals surface area contributed by atoms with Gasteiger partial charge in [0.1, 0.15) is 6.61 Å². The van der Waals surface area contributed by atoms with Crippen LogP contribution in [0.25, 0.3) is 10.9 Å². The second-order valence-electron chi connectivity index (χ2n) is 5.35. The molecule has 0 amide bonds. The van der Waals surface area contributed by atoms with Gasteiger partial charge < -0.3 is 4.74 Å². The van der Waals surface area contributed by atoms with Crippen molar-refractivity contribution in [3.05, 3.63) is 77.5 Å². The molecule has 0 saturated heterocycles.